The number of nitrogens with one attached hydrogen (secondary N) is 1. The molecule has 20 heavy (non-hydrogen) atoms. The van der Waals surface area contributed by atoms with Gasteiger partial charge in [-0.05, 0) is 39.3 Å². The van der Waals surface area contributed by atoms with Gasteiger partial charge in [-0.2, -0.15) is 0 Å². The lowest BCUT2D eigenvalue weighted by molar-refractivity contribution is 0.0293. The van der Waals surface area contributed by atoms with E-state index in [0.29, 0.717) is 23.9 Å². The second-order valence-electron chi connectivity index (χ2n) is 5.89. The van der Waals surface area contributed by atoms with Gasteiger partial charge in [-0.15, -0.1) is 0 Å². The standard InChI is InChI=1S/C14H20ClN3O2/c1-14(2,3)20-13(19)18-8-6-10(9-18)17-12-11(15)5-4-7-16-12/h4-5,7,10H,6,8-9H2,1-3H3,(H,16,17). The minimum atomic E-state index is -0.465. The second kappa shape index (κ2) is 5.87. The minimum Gasteiger partial charge on any atom is -0.444 e. The molecular formula is C14H20ClN3O2. The molecule has 1 aromatic heterocycles. The molecule has 110 valence electrons. The first-order chi connectivity index (χ1) is 9.35. The Bertz CT molecular complexity index is 488. The fraction of sp³-hybridized carbons (Fsp3) is 0.571. The summed E-state index contributed by atoms with van der Waals surface area (Å²) in [5.74, 6) is 0.658. The van der Waals surface area contributed by atoms with Gasteiger partial charge < -0.3 is 15.0 Å². The van der Waals surface area contributed by atoms with Gasteiger partial charge in [-0.25, -0.2) is 9.78 Å². The van der Waals surface area contributed by atoms with Crippen LogP contribution in [0.2, 0.25) is 5.02 Å². The molecule has 0 saturated carbocycles. The number of ether oxygens (including phenoxy) is 1. The zero-order chi connectivity index (χ0) is 14.8. The van der Waals surface area contributed by atoms with Crippen molar-refractivity contribution in [2.75, 3.05) is 18.4 Å². The first-order valence-corrected chi connectivity index (χ1v) is 7.08. The third kappa shape index (κ3) is 4.00. The summed E-state index contributed by atoms with van der Waals surface area (Å²) in [5, 5.41) is 3.85. The Morgan fingerprint density at radius 2 is 2.30 bits per heavy atom. The average Bonchev–Trinajstić information content (AvgIpc) is 2.79. The van der Waals surface area contributed by atoms with Crippen LogP contribution in [0.15, 0.2) is 18.3 Å². The van der Waals surface area contributed by atoms with Gasteiger partial charge in [-0.3, -0.25) is 0 Å². The first kappa shape index (κ1) is 14.9. The van der Waals surface area contributed by atoms with Crippen LogP contribution < -0.4 is 5.32 Å². The van der Waals surface area contributed by atoms with Crippen molar-refractivity contribution >= 4 is 23.5 Å². The number of aromatic nitrogens is 1. The Morgan fingerprint density at radius 1 is 1.55 bits per heavy atom. The Morgan fingerprint density at radius 3 is 2.95 bits per heavy atom. The van der Waals surface area contributed by atoms with Crippen LogP contribution in [0.25, 0.3) is 0 Å². The second-order valence-corrected chi connectivity index (χ2v) is 6.30. The maximum Gasteiger partial charge on any atom is 0.410 e. The van der Waals surface area contributed by atoms with Gasteiger partial charge in [0.15, 0.2) is 0 Å². The molecule has 0 bridgehead atoms. The van der Waals surface area contributed by atoms with Crippen LogP contribution in [0.1, 0.15) is 27.2 Å². The number of carbonyl (C=O) groups excluding carboxylic acids is 1. The third-order valence-corrected chi connectivity index (χ3v) is 3.24. The van der Waals surface area contributed by atoms with Crippen molar-refractivity contribution in [1.82, 2.24) is 9.88 Å². The van der Waals surface area contributed by atoms with Crippen LogP contribution in [0.4, 0.5) is 10.6 Å². The largest absolute Gasteiger partial charge is 0.444 e. The lowest BCUT2D eigenvalue weighted by Gasteiger charge is -2.24. The predicted molar refractivity (Wildman–Crippen MR) is 79.1 cm³/mol. The van der Waals surface area contributed by atoms with Gasteiger partial charge in [0.2, 0.25) is 0 Å². The first-order valence-electron chi connectivity index (χ1n) is 6.70. The summed E-state index contributed by atoms with van der Waals surface area (Å²) in [7, 11) is 0. The van der Waals surface area contributed by atoms with Crippen LogP contribution in [0.5, 0.6) is 0 Å². The molecule has 1 N–H and O–H groups in total. The van der Waals surface area contributed by atoms with E-state index in [-0.39, 0.29) is 12.1 Å². The molecule has 1 amide bonds. The summed E-state index contributed by atoms with van der Waals surface area (Å²) in [6.45, 7) is 6.87. The van der Waals surface area contributed by atoms with E-state index in [2.05, 4.69) is 10.3 Å². The van der Waals surface area contributed by atoms with E-state index in [1.54, 1.807) is 23.2 Å². The molecule has 1 saturated heterocycles. The van der Waals surface area contributed by atoms with E-state index in [0.717, 1.165) is 6.42 Å². The van der Waals surface area contributed by atoms with Gasteiger partial charge >= 0.3 is 6.09 Å². The highest BCUT2D eigenvalue weighted by atomic mass is 35.5. The molecule has 0 spiro atoms. The summed E-state index contributed by atoms with van der Waals surface area (Å²) >= 11 is 6.06. The van der Waals surface area contributed by atoms with Crippen molar-refractivity contribution < 1.29 is 9.53 Å². The molecular weight excluding hydrogens is 278 g/mol. The summed E-state index contributed by atoms with van der Waals surface area (Å²) in [6.07, 6.45) is 2.27. The fourth-order valence-corrected chi connectivity index (χ4v) is 2.23. The summed E-state index contributed by atoms with van der Waals surface area (Å²) < 4.78 is 5.36. The monoisotopic (exact) mass is 297 g/mol. The molecule has 2 heterocycles. The molecule has 1 unspecified atom stereocenters. The average molecular weight is 298 g/mol. The van der Waals surface area contributed by atoms with E-state index in [4.69, 9.17) is 16.3 Å². The van der Waals surface area contributed by atoms with Gasteiger partial charge in [-0.1, -0.05) is 11.6 Å². The van der Waals surface area contributed by atoms with Crippen molar-refractivity contribution in [2.45, 2.75) is 38.8 Å². The van der Waals surface area contributed by atoms with Crippen LogP contribution in [-0.2, 0) is 4.74 Å². The number of halogens is 1. The number of carbonyl (C=O) groups is 1. The number of nitrogens with zero attached hydrogens (tertiary/aromatic N) is 2. The minimum absolute atomic E-state index is 0.148. The van der Waals surface area contributed by atoms with Crippen molar-refractivity contribution in [3.63, 3.8) is 0 Å². The van der Waals surface area contributed by atoms with Crippen molar-refractivity contribution in [2.24, 2.45) is 0 Å². The zero-order valence-corrected chi connectivity index (χ0v) is 12.8. The van der Waals surface area contributed by atoms with Crippen LogP contribution in [0.3, 0.4) is 0 Å². The Labute approximate surface area is 124 Å². The molecule has 1 fully saturated rings. The molecule has 5 nitrogen and oxygen atoms in total. The Kier molecular flexibility index (Phi) is 4.38. The smallest absolute Gasteiger partial charge is 0.410 e. The fourth-order valence-electron chi connectivity index (χ4n) is 2.06. The molecule has 0 aliphatic carbocycles. The van der Waals surface area contributed by atoms with E-state index >= 15 is 0 Å². The number of pyridine rings is 1. The number of likely N-dealkylation sites (tertiary alicyclic amines) is 1. The highest BCUT2D eigenvalue weighted by molar-refractivity contribution is 6.32. The van der Waals surface area contributed by atoms with Gasteiger partial charge in [0, 0.05) is 25.3 Å². The molecule has 0 radical (unpaired) electrons. The molecule has 1 atom stereocenters. The third-order valence-electron chi connectivity index (χ3n) is 2.94. The number of anilines is 1. The van der Waals surface area contributed by atoms with Gasteiger partial charge in [0.05, 0.1) is 5.02 Å². The van der Waals surface area contributed by atoms with Crippen LogP contribution in [-0.4, -0.2) is 40.7 Å². The number of rotatable bonds is 2. The molecule has 1 aromatic rings. The van der Waals surface area contributed by atoms with E-state index in [1.807, 2.05) is 20.8 Å². The lowest BCUT2D eigenvalue weighted by atomic mass is 10.2. The number of amides is 1. The van der Waals surface area contributed by atoms with Crippen molar-refractivity contribution in [3.05, 3.63) is 23.4 Å². The van der Waals surface area contributed by atoms with E-state index in [1.165, 1.54) is 0 Å². The maximum atomic E-state index is 12.0. The topological polar surface area (TPSA) is 54.5 Å². The molecule has 1 aliphatic rings. The van der Waals surface area contributed by atoms with Crippen molar-refractivity contribution in [1.29, 1.82) is 0 Å². The van der Waals surface area contributed by atoms with Crippen LogP contribution in [0, 0.1) is 0 Å². The Hall–Kier alpha value is -1.49. The zero-order valence-electron chi connectivity index (χ0n) is 12.0. The summed E-state index contributed by atoms with van der Waals surface area (Å²) in [4.78, 5) is 17.9. The van der Waals surface area contributed by atoms with E-state index in [9.17, 15) is 4.79 Å². The summed E-state index contributed by atoms with van der Waals surface area (Å²) in [5.41, 5.74) is -0.465. The van der Waals surface area contributed by atoms with Crippen LogP contribution >= 0.6 is 11.6 Å². The van der Waals surface area contributed by atoms with Gasteiger partial charge in [0.25, 0.3) is 0 Å². The molecule has 2 rings (SSSR count). The van der Waals surface area contributed by atoms with Gasteiger partial charge in [0.1, 0.15) is 11.4 Å². The number of hydrogen-bond donors (Lipinski definition) is 1. The normalized spacial score (nSPS) is 19.0. The predicted octanol–water partition coefficient (Wildman–Crippen LogP) is 3.16. The van der Waals surface area contributed by atoms with E-state index < -0.39 is 5.60 Å². The quantitative estimate of drug-likeness (QED) is 0.911. The lowest BCUT2D eigenvalue weighted by Crippen LogP contribution is -2.36. The summed E-state index contributed by atoms with van der Waals surface area (Å²) in [6, 6.07) is 3.72. The van der Waals surface area contributed by atoms with Crippen molar-refractivity contribution in [3.8, 4) is 0 Å². The molecule has 0 aromatic carbocycles. The number of hydrogen-bond acceptors (Lipinski definition) is 4. The molecule has 1 aliphatic heterocycles. The maximum absolute atomic E-state index is 12.0. The molecule has 6 heteroatoms. The highest BCUT2D eigenvalue weighted by Crippen LogP contribution is 2.22. The Balaban J connectivity index is 1.90. The highest BCUT2D eigenvalue weighted by Gasteiger charge is 2.30. The SMILES string of the molecule is CC(C)(C)OC(=O)N1CCC(Nc2ncccc2Cl)C1.